The molecule has 148 valence electrons. The molecule has 6 heteroatoms. The van der Waals surface area contributed by atoms with Crippen LogP contribution in [0.2, 0.25) is 0 Å². The second-order valence-corrected chi connectivity index (χ2v) is 7.72. The number of rotatable bonds is 8. The quantitative estimate of drug-likeness (QED) is 0.630. The van der Waals surface area contributed by atoms with E-state index in [0.29, 0.717) is 24.4 Å². The Balaban J connectivity index is 1.56. The van der Waals surface area contributed by atoms with Crippen molar-refractivity contribution in [3.05, 3.63) is 71.8 Å². The van der Waals surface area contributed by atoms with Gasteiger partial charge in [0.2, 0.25) is 0 Å². The van der Waals surface area contributed by atoms with Crippen LogP contribution in [0.3, 0.4) is 0 Å². The van der Waals surface area contributed by atoms with E-state index in [0.717, 1.165) is 11.1 Å². The number of nitrogens with zero attached hydrogens (tertiary/aromatic N) is 1. The molecule has 28 heavy (non-hydrogen) atoms. The first-order valence-electron chi connectivity index (χ1n) is 9.39. The van der Waals surface area contributed by atoms with Crippen molar-refractivity contribution in [2.24, 2.45) is 5.92 Å². The fourth-order valence-electron chi connectivity index (χ4n) is 3.17. The Kier molecular flexibility index (Phi) is 7.40. The number of hydrogen-bond donors (Lipinski definition) is 1. The fourth-order valence-corrected chi connectivity index (χ4v) is 3.81. The fraction of sp³-hybridized carbons (Fsp3) is 0.364. The number of hydrogen-bond acceptors (Lipinski definition) is 4. The summed E-state index contributed by atoms with van der Waals surface area (Å²) >= 11 is 2.83. The van der Waals surface area contributed by atoms with E-state index in [1.165, 1.54) is 0 Å². The van der Waals surface area contributed by atoms with Gasteiger partial charge in [0.05, 0.1) is 0 Å². The SMILES string of the molecule is C[C@@H](C(=O)N1C(=[Se])OC[C@@H]1Cc1ccccc1)[C@H](O)COCc1ccccc1. The van der Waals surface area contributed by atoms with E-state index in [-0.39, 0.29) is 18.6 Å². The van der Waals surface area contributed by atoms with Crippen molar-refractivity contribution in [3.8, 4) is 0 Å². The summed E-state index contributed by atoms with van der Waals surface area (Å²) in [4.78, 5) is 14.7. The van der Waals surface area contributed by atoms with Gasteiger partial charge in [0.15, 0.2) is 0 Å². The molecule has 0 bridgehead atoms. The number of aliphatic hydroxyl groups excluding tert-OH is 1. The normalized spacial score (nSPS) is 18.6. The number of amides is 1. The summed E-state index contributed by atoms with van der Waals surface area (Å²) in [7, 11) is 0. The van der Waals surface area contributed by atoms with Gasteiger partial charge in [0, 0.05) is 0 Å². The molecule has 1 amide bonds. The zero-order valence-corrected chi connectivity index (χ0v) is 17.6. The molecule has 2 aromatic rings. The molecule has 0 aromatic heterocycles. The number of ether oxygens (including phenoxy) is 2. The Morgan fingerprint density at radius 1 is 1.18 bits per heavy atom. The van der Waals surface area contributed by atoms with Crippen molar-refractivity contribution in [3.63, 3.8) is 0 Å². The summed E-state index contributed by atoms with van der Waals surface area (Å²) in [5.41, 5.74) is 2.17. The molecule has 0 unspecified atom stereocenters. The molecule has 5 nitrogen and oxygen atoms in total. The summed E-state index contributed by atoms with van der Waals surface area (Å²) < 4.78 is 11.7. The van der Waals surface area contributed by atoms with Crippen LogP contribution in [-0.4, -0.2) is 61.6 Å². The second-order valence-electron chi connectivity index (χ2n) is 6.99. The van der Waals surface area contributed by atoms with Crippen LogP contribution >= 0.6 is 0 Å². The van der Waals surface area contributed by atoms with Gasteiger partial charge in [-0.05, 0) is 0 Å². The maximum absolute atomic E-state index is 13.0. The van der Waals surface area contributed by atoms with Crippen molar-refractivity contribution in [2.75, 3.05) is 13.2 Å². The summed E-state index contributed by atoms with van der Waals surface area (Å²) in [5.74, 6) is -0.762. The second kappa shape index (κ2) is 9.99. The van der Waals surface area contributed by atoms with Gasteiger partial charge >= 0.3 is 174 Å². The molecule has 1 N–H and O–H groups in total. The van der Waals surface area contributed by atoms with Gasteiger partial charge in [0.25, 0.3) is 0 Å². The molecule has 1 heterocycles. The van der Waals surface area contributed by atoms with Gasteiger partial charge in [-0.3, -0.25) is 0 Å². The zero-order chi connectivity index (χ0) is 19.9. The van der Waals surface area contributed by atoms with E-state index < -0.39 is 12.0 Å². The zero-order valence-electron chi connectivity index (χ0n) is 15.9. The van der Waals surface area contributed by atoms with E-state index in [2.05, 4.69) is 15.6 Å². The van der Waals surface area contributed by atoms with Gasteiger partial charge < -0.3 is 0 Å². The van der Waals surface area contributed by atoms with Crippen molar-refractivity contribution in [1.82, 2.24) is 4.90 Å². The number of aliphatic hydroxyl groups is 1. The molecular weight excluding hydrogens is 421 g/mol. The Morgan fingerprint density at radius 3 is 2.43 bits per heavy atom. The molecule has 3 atom stereocenters. The first kappa shape index (κ1) is 20.7. The van der Waals surface area contributed by atoms with E-state index in [1.807, 2.05) is 60.7 Å². The van der Waals surface area contributed by atoms with E-state index in [9.17, 15) is 9.90 Å². The number of carbonyl (C=O) groups is 1. The van der Waals surface area contributed by atoms with Crippen LogP contribution in [-0.2, 0) is 27.3 Å². The topological polar surface area (TPSA) is 59.0 Å². The molecule has 3 rings (SSSR count). The Labute approximate surface area is 173 Å². The first-order valence-corrected chi connectivity index (χ1v) is 10.3. The molecular formula is C22H25NO4Se. The molecule has 0 radical (unpaired) electrons. The van der Waals surface area contributed by atoms with Crippen LogP contribution < -0.4 is 0 Å². The minimum absolute atomic E-state index is 0.0916. The first-order chi connectivity index (χ1) is 13.6. The van der Waals surface area contributed by atoms with Crippen LogP contribution in [0.15, 0.2) is 60.7 Å². The van der Waals surface area contributed by atoms with Gasteiger partial charge in [0.1, 0.15) is 0 Å². The molecule has 0 aliphatic carbocycles. The number of benzene rings is 2. The van der Waals surface area contributed by atoms with Crippen LogP contribution in [0.4, 0.5) is 0 Å². The van der Waals surface area contributed by atoms with E-state index in [4.69, 9.17) is 9.47 Å². The van der Waals surface area contributed by atoms with Gasteiger partial charge in [-0.2, -0.15) is 0 Å². The minimum atomic E-state index is -0.887. The van der Waals surface area contributed by atoms with Crippen molar-refractivity contribution < 1.29 is 19.4 Å². The van der Waals surface area contributed by atoms with Crippen molar-refractivity contribution in [1.29, 1.82) is 0 Å². The third-order valence-electron chi connectivity index (χ3n) is 4.88. The Bertz CT molecular complexity index is 784. The molecule has 1 fully saturated rings. The standard InChI is InChI=1S/C22H25NO4Se/c1-16(20(24)15-26-13-18-10-6-3-7-11-18)21(25)23-19(14-27-22(23)28)12-17-8-4-2-5-9-17/h2-11,16,19-20,24H,12-15H2,1H3/t16-,19+,20-/m1/s1. The summed E-state index contributed by atoms with van der Waals surface area (Å²) in [5, 5.41) is 10.5. The Hall–Kier alpha value is -1.98. The van der Waals surface area contributed by atoms with Crippen LogP contribution in [0, 0.1) is 5.92 Å². The maximum atomic E-state index is 13.0. The number of carbonyl (C=O) groups excluding carboxylic acids is 1. The Morgan fingerprint density at radius 2 is 1.79 bits per heavy atom. The molecule has 1 saturated heterocycles. The molecule has 0 spiro atoms. The third kappa shape index (κ3) is 5.30. The van der Waals surface area contributed by atoms with Gasteiger partial charge in [-0.25, -0.2) is 0 Å². The van der Waals surface area contributed by atoms with Gasteiger partial charge in [-0.15, -0.1) is 0 Å². The van der Waals surface area contributed by atoms with Crippen LogP contribution in [0.1, 0.15) is 18.1 Å². The van der Waals surface area contributed by atoms with E-state index >= 15 is 0 Å². The predicted octanol–water partition coefficient (Wildman–Crippen LogP) is 1.93. The molecule has 1 aliphatic rings. The average Bonchev–Trinajstić information content (AvgIpc) is 3.08. The molecule has 1 aliphatic heterocycles. The molecule has 0 saturated carbocycles. The monoisotopic (exact) mass is 447 g/mol. The predicted molar refractivity (Wildman–Crippen MR) is 109 cm³/mol. The van der Waals surface area contributed by atoms with Gasteiger partial charge in [-0.1, -0.05) is 0 Å². The summed E-state index contributed by atoms with van der Waals surface area (Å²) in [6, 6.07) is 19.7. The average molecular weight is 446 g/mol. The van der Waals surface area contributed by atoms with Crippen LogP contribution in [0.25, 0.3) is 0 Å². The summed E-state index contributed by atoms with van der Waals surface area (Å²) in [6.45, 7) is 2.67. The molecule has 2 aromatic carbocycles. The van der Waals surface area contributed by atoms with Crippen molar-refractivity contribution >= 4 is 26.2 Å². The third-order valence-corrected chi connectivity index (χ3v) is 5.54. The summed E-state index contributed by atoms with van der Waals surface area (Å²) in [6.07, 6.45) is -0.188. The van der Waals surface area contributed by atoms with E-state index in [1.54, 1.807) is 11.8 Å². The van der Waals surface area contributed by atoms with Crippen molar-refractivity contribution in [2.45, 2.75) is 32.1 Å². The van der Waals surface area contributed by atoms with Crippen LogP contribution in [0.5, 0.6) is 0 Å².